The highest BCUT2D eigenvalue weighted by Gasteiger charge is 2.30. The van der Waals surface area contributed by atoms with Crippen LogP contribution in [0.5, 0.6) is 0 Å². The summed E-state index contributed by atoms with van der Waals surface area (Å²) in [4.78, 5) is 27.5. The Morgan fingerprint density at radius 2 is 2.04 bits per heavy atom. The number of halogens is 1. The lowest BCUT2D eigenvalue weighted by Crippen LogP contribution is -2.34. The molecule has 0 radical (unpaired) electrons. The number of nitrogens with one attached hydrogen (secondary N) is 1. The van der Waals surface area contributed by atoms with Crippen LogP contribution in [0.25, 0.3) is 0 Å². The molecular formula is C18H19FN2O3S. The minimum absolute atomic E-state index is 0.0640. The second-order valence-corrected chi connectivity index (χ2v) is 7.27. The van der Waals surface area contributed by atoms with Crippen LogP contribution in [0.1, 0.15) is 35.5 Å². The van der Waals surface area contributed by atoms with Gasteiger partial charge in [0, 0.05) is 17.8 Å². The smallest absolute Gasteiger partial charge is 0.306 e. The fraction of sp³-hybridized carbons (Fsp3) is 0.389. The van der Waals surface area contributed by atoms with Gasteiger partial charge >= 0.3 is 5.97 Å². The van der Waals surface area contributed by atoms with Gasteiger partial charge in [-0.1, -0.05) is 12.1 Å². The summed E-state index contributed by atoms with van der Waals surface area (Å²) in [6.45, 7) is 0. The Kier molecular flexibility index (Phi) is 5.43. The van der Waals surface area contributed by atoms with Crippen LogP contribution in [0.15, 0.2) is 29.6 Å². The Morgan fingerprint density at radius 3 is 2.72 bits per heavy atom. The molecule has 5 nitrogen and oxygen atoms in total. The van der Waals surface area contributed by atoms with Crippen LogP contribution >= 0.6 is 11.3 Å². The molecular weight excluding hydrogens is 343 g/mol. The van der Waals surface area contributed by atoms with Crippen molar-refractivity contribution in [3.05, 3.63) is 51.7 Å². The number of thiazole rings is 1. The minimum Gasteiger partial charge on any atom is -0.481 e. The zero-order valence-corrected chi connectivity index (χ0v) is 14.4. The van der Waals surface area contributed by atoms with Crippen molar-refractivity contribution in [3.63, 3.8) is 0 Å². The van der Waals surface area contributed by atoms with E-state index in [9.17, 15) is 14.0 Å². The summed E-state index contributed by atoms with van der Waals surface area (Å²) in [6, 6.07) is 6.22. The van der Waals surface area contributed by atoms with E-state index >= 15 is 0 Å². The molecule has 0 unspecified atom stereocenters. The molecule has 132 valence electrons. The molecule has 1 aromatic carbocycles. The van der Waals surface area contributed by atoms with E-state index in [0.29, 0.717) is 31.4 Å². The third-order valence-electron chi connectivity index (χ3n) is 4.36. The molecule has 0 bridgehead atoms. The zero-order chi connectivity index (χ0) is 17.8. The predicted molar refractivity (Wildman–Crippen MR) is 91.9 cm³/mol. The van der Waals surface area contributed by atoms with E-state index in [4.69, 9.17) is 5.11 Å². The minimum atomic E-state index is -0.790. The number of carbonyl (C=O) groups is 2. The standard InChI is InChI=1S/C18H19FN2O3S/c19-13-4-1-11(2-5-13)7-17-21-15(10-25-17)9-16(22)20-14-6-3-12(8-14)18(23)24/h1-2,4-5,10,12,14H,3,6-9H2,(H,20,22)(H,23,24)/t12-,14+/m1/s1. The molecule has 1 aromatic heterocycles. The van der Waals surface area contributed by atoms with Crippen molar-refractivity contribution in [2.24, 2.45) is 5.92 Å². The number of carbonyl (C=O) groups excluding carboxylic acids is 1. The van der Waals surface area contributed by atoms with Crippen LogP contribution in [-0.2, 0) is 22.4 Å². The Labute approximate surface area is 148 Å². The Hall–Kier alpha value is -2.28. The highest BCUT2D eigenvalue weighted by Crippen LogP contribution is 2.25. The summed E-state index contributed by atoms with van der Waals surface area (Å²) >= 11 is 1.48. The molecule has 3 rings (SSSR count). The third-order valence-corrected chi connectivity index (χ3v) is 5.25. The summed E-state index contributed by atoms with van der Waals surface area (Å²) in [5.74, 6) is -1.54. The molecule has 0 saturated heterocycles. The Balaban J connectivity index is 1.50. The van der Waals surface area contributed by atoms with Crippen LogP contribution in [0.2, 0.25) is 0 Å². The molecule has 0 aliphatic heterocycles. The van der Waals surface area contributed by atoms with Gasteiger partial charge in [0.25, 0.3) is 0 Å². The van der Waals surface area contributed by atoms with Crippen LogP contribution in [0.4, 0.5) is 4.39 Å². The van der Waals surface area contributed by atoms with Gasteiger partial charge < -0.3 is 10.4 Å². The molecule has 1 amide bonds. The lowest BCUT2D eigenvalue weighted by Gasteiger charge is -2.11. The summed E-state index contributed by atoms with van der Waals surface area (Å²) < 4.78 is 12.9. The number of rotatable bonds is 6. The van der Waals surface area contributed by atoms with Crippen molar-refractivity contribution in [1.82, 2.24) is 10.3 Å². The van der Waals surface area contributed by atoms with Crippen molar-refractivity contribution >= 4 is 23.2 Å². The van der Waals surface area contributed by atoms with E-state index in [1.165, 1.54) is 23.5 Å². The number of carboxylic acids is 1. The molecule has 1 heterocycles. The molecule has 1 aliphatic rings. The fourth-order valence-electron chi connectivity index (χ4n) is 3.07. The van der Waals surface area contributed by atoms with Crippen LogP contribution in [0, 0.1) is 11.7 Å². The third kappa shape index (κ3) is 4.85. The van der Waals surface area contributed by atoms with E-state index in [1.54, 1.807) is 12.1 Å². The Bertz CT molecular complexity index is 760. The summed E-state index contributed by atoms with van der Waals surface area (Å²) in [7, 11) is 0. The highest BCUT2D eigenvalue weighted by molar-refractivity contribution is 7.09. The van der Waals surface area contributed by atoms with Gasteiger partial charge in [-0.05, 0) is 37.0 Å². The van der Waals surface area contributed by atoms with E-state index in [1.807, 2.05) is 5.38 Å². The average Bonchev–Trinajstić information content (AvgIpc) is 3.19. The summed E-state index contributed by atoms with van der Waals surface area (Å²) in [5, 5.41) is 14.6. The number of hydrogen-bond donors (Lipinski definition) is 2. The van der Waals surface area contributed by atoms with Gasteiger partial charge in [-0.15, -0.1) is 11.3 Å². The second kappa shape index (κ2) is 7.74. The summed E-state index contributed by atoms with van der Waals surface area (Å²) in [5.41, 5.74) is 1.67. The maximum atomic E-state index is 12.9. The first-order chi connectivity index (χ1) is 12.0. The fourth-order valence-corrected chi connectivity index (χ4v) is 3.90. The van der Waals surface area contributed by atoms with Gasteiger partial charge in [0.2, 0.25) is 5.91 Å². The zero-order valence-electron chi connectivity index (χ0n) is 13.6. The number of aromatic nitrogens is 1. The van der Waals surface area contributed by atoms with Crippen molar-refractivity contribution in [1.29, 1.82) is 0 Å². The topological polar surface area (TPSA) is 79.3 Å². The molecule has 25 heavy (non-hydrogen) atoms. The van der Waals surface area contributed by atoms with Crippen molar-refractivity contribution in [2.75, 3.05) is 0 Å². The normalized spacial score (nSPS) is 19.7. The molecule has 1 saturated carbocycles. The van der Waals surface area contributed by atoms with E-state index in [0.717, 1.165) is 10.6 Å². The first-order valence-electron chi connectivity index (χ1n) is 8.19. The van der Waals surface area contributed by atoms with Crippen molar-refractivity contribution in [2.45, 2.75) is 38.1 Å². The van der Waals surface area contributed by atoms with E-state index in [2.05, 4.69) is 10.3 Å². The number of benzene rings is 1. The van der Waals surface area contributed by atoms with Gasteiger partial charge in [-0.2, -0.15) is 0 Å². The van der Waals surface area contributed by atoms with Crippen molar-refractivity contribution < 1.29 is 19.1 Å². The van der Waals surface area contributed by atoms with Gasteiger partial charge in [-0.25, -0.2) is 9.37 Å². The molecule has 2 atom stereocenters. The summed E-state index contributed by atoms with van der Waals surface area (Å²) in [6.07, 6.45) is 2.60. The monoisotopic (exact) mass is 362 g/mol. The predicted octanol–water partition coefficient (Wildman–Crippen LogP) is 2.79. The lowest BCUT2D eigenvalue weighted by atomic mass is 10.1. The maximum Gasteiger partial charge on any atom is 0.306 e. The average molecular weight is 362 g/mol. The molecule has 1 aliphatic carbocycles. The molecule has 2 aromatic rings. The molecule has 1 fully saturated rings. The first-order valence-corrected chi connectivity index (χ1v) is 9.07. The lowest BCUT2D eigenvalue weighted by molar-refractivity contribution is -0.141. The van der Waals surface area contributed by atoms with Gasteiger partial charge in [-0.3, -0.25) is 9.59 Å². The quantitative estimate of drug-likeness (QED) is 0.828. The number of carboxylic acid groups (broad SMARTS) is 1. The van der Waals surface area contributed by atoms with E-state index in [-0.39, 0.29) is 30.1 Å². The SMILES string of the molecule is O=C(Cc1csc(Cc2ccc(F)cc2)n1)N[C@H]1CC[C@@H](C(=O)O)C1. The number of aliphatic carboxylic acids is 1. The van der Waals surface area contributed by atoms with Crippen molar-refractivity contribution in [3.8, 4) is 0 Å². The van der Waals surface area contributed by atoms with Crippen LogP contribution in [-0.4, -0.2) is 28.0 Å². The Morgan fingerprint density at radius 1 is 1.28 bits per heavy atom. The number of hydrogen-bond acceptors (Lipinski definition) is 4. The van der Waals surface area contributed by atoms with Crippen LogP contribution in [0.3, 0.4) is 0 Å². The first kappa shape index (κ1) is 17.5. The van der Waals surface area contributed by atoms with Gasteiger partial charge in [0.1, 0.15) is 5.82 Å². The number of nitrogens with zero attached hydrogens (tertiary/aromatic N) is 1. The number of amides is 1. The molecule has 0 spiro atoms. The van der Waals surface area contributed by atoms with E-state index < -0.39 is 5.97 Å². The van der Waals surface area contributed by atoms with Crippen LogP contribution < -0.4 is 5.32 Å². The van der Waals surface area contributed by atoms with Gasteiger partial charge in [0.05, 0.1) is 23.0 Å². The maximum absolute atomic E-state index is 12.9. The molecule has 7 heteroatoms. The molecule has 2 N–H and O–H groups in total. The van der Waals surface area contributed by atoms with Gasteiger partial charge in [0.15, 0.2) is 0 Å². The largest absolute Gasteiger partial charge is 0.481 e. The highest BCUT2D eigenvalue weighted by atomic mass is 32.1. The second-order valence-electron chi connectivity index (χ2n) is 6.33.